The van der Waals surface area contributed by atoms with Crippen LogP contribution in [0, 0.1) is 0 Å². The summed E-state index contributed by atoms with van der Waals surface area (Å²) in [4.78, 5) is 10.4. The van der Waals surface area contributed by atoms with E-state index in [0.29, 0.717) is 0 Å². The Bertz CT molecular complexity index is 313. The molecule has 0 fully saturated rings. The summed E-state index contributed by atoms with van der Waals surface area (Å²) < 4.78 is 0. The Balaban J connectivity index is 0.00000144. The van der Waals surface area contributed by atoms with Crippen molar-refractivity contribution in [1.82, 2.24) is 0 Å². The Morgan fingerprint density at radius 3 is 1.77 bits per heavy atom. The third kappa shape index (κ3) is 2.51. The number of hydrogen-bond acceptors (Lipinski definition) is 4. The molecule has 0 radical (unpaired) electrons. The monoisotopic (exact) mass is 194 g/mol. The molecule has 0 saturated carbocycles. The third-order valence-corrected chi connectivity index (χ3v) is 1.30. The van der Waals surface area contributed by atoms with Gasteiger partial charge in [-0.2, -0.15) is 0 Å². The van der Waals surface area contributed by atoms with Crippen LogP contribution in [0.3, 0.4) is 0 Å². The molecule has 66 valence electrons. The van der Waals surface area contributed by atoms with E-state index < -0.39 is 28.8 Å². The Kier molecular flexibility index (Phi) is 4.06. The van der Waals surface area contributed by atoms with Gasteiger partial charge in [-0.25, -0.2) is 4.79 Å². The van der Waals surface area contributed by atoms with Crippen molar-refractivity contribution in [2.75, 3.05) is 0 Å². The van der Waals surface area contributed by atoms with E-state index >= 15 is 0 Å². The first-order valence-corrected chi connectivity index (χ1v) is 3.00. The van der Waals surface area contributed by atoms with Crippen molar-refractivity contribution in [2.24, 2.45) is 0 Å². The van der Waals surface area contributed by atoms with Crippen molar-refractivity contribution >= 4 is 35.5 Å². The molecule has 0 aliphatic rings. The van der Waals surface area contributed by atoms with Crippen molar-refractivity contribution in [3.63, 3.8) is 0 Å². The van der Waals surface area contributed by atoms with Gasteiger partial charge < -0.3 is 20.4 Å². The fraction of sp³-hybridized carbons (Fsp3) is 0. The molecular weight excluding hydrogens is 187 g/mol. The Morgan fingerprint density at radius 1 is 1.08 bits per heavy atom. The summed E-state index contributed by atoms with van der Waals surface area (Å²) in [7, 11) is 0. The Hall–Kier alpha value is -0.910. The fourth-order valence-electron chi connectivity index (χ4n) is 0.816. The van der Waals surface area contributed by atoms with E-state index in [4.69, 9.17) is 20.4 Å². The molecule has 4 N–H and O–H groups in total. The molecule has 1 aromatic carbocycles. The number of phenols is 3. The standard InChI is InChI=1S/C7H6O5.Na.H/c8-3-1-4(9)6(7(11)12)5(10)2-3;;/h1-2,8-10H,(H,11,12);;. The summed E-state index contributed by atoms with van der Waals surface area (Å²) in [6, 6.07) is 1.67. The second-order valence-electron chi connectivity index (χ2n) is 2.16. The van der Waals surface area contributed by atoms with E-state index in [-0.39, 0.29) is 29.6 Å². The zero-order valence-electron chi connectivity index (χ0n) is 5.85. The fourth-order valence-corrected chi connectivity index (χ4v) is 0.816. The van der Waals surface area contributed by atoms with Crippen LogP contribution in [0.15, 0.2) is 12.1 Å². The van der Waals surface area contributed by atoms with Crippen LogP contribution in [-0.2, 0) is 0 Å². The van der Waals surface area contributed by atoms with Crippen LogP contribution < -0.4 is 0 Å². The molecule has 0 heterocycles. The van der Waals surface area contributed by atoms with Gasteiger partial charge in [-0.3, -0.25) is 0 Å². The quantitative estimate of drug-likeness (QED) is 0.466. The van der Waals surface area contributed by atoms with Crippen molar-refractivity contribution in [3.05, 3.63) is 17.7 Å². The maximum atomic E-state index is 10.4. The van der Waals surface area contributed by atoms with Crippen LogP contribution in [-0.4, -0.2) is 56.0 Å². The molecule has 0 aliphatic heterocycles. The van der Waals surface area contributed by atoms with Gasteiger partial charge in [0.2, 0.25) is 0 Å². The number of aromatic hydroxyl groups is 3. The number of rotatable bonds is 1. The third-order valence-electron chi connectivity index (χ3n) is 1.30. The number of hydrogen-bond donors (Lipinski definition) is 4. The normalized spacial score (nSPS) is 8.92. The molecule has 0 saturated heterocycles. The maximum absolute atomic E-state index is 10.4. The predicted molar refractivity (Wildman–Crippen MR) is 45.5 cm³/mol. The molecule has 6 heteroatoms. The minimum atomic E-state index is -1.45. The first-order valence-electron chi connectivity index (χ1n) is 3.00. The topological polar surface area (TPSA) is 98.0 Å². The molecule has 0 spiro atoms. The molecule has 0 atom stereocenters. The summed E-state index contributed by atoms with van der Waals surface area (Å²) >= 11 is 0. The second kappa shape index (κ2) is 4.36. The zero-order valence-corrected chi connectivity index (χ0v) is 5.85. The van der Waals surface area contributed by atoms with Crippen LogP contribution in [0.1, 0.15) is 10.4 Å². The Morgan fingerprint density at radius 2 is 1.46 bits per heavy atom. The second-order valence-corrected chi connectivity index (χ2v) is 2.16. The number of carbonyl (C=O) groups is 1. The van der Waals surface area contributed by atoms with Gasteiger partial charge in [0.1, 0.15) is 22.8 Å². The molecule has 1 aromatic rings. The van der Waals surface area contributed by atoms with Crippen LogP contribution >= 0.6 is 0 Å². The van der Waals surface area contributed by atoms with Gasteiger partial charge in [-0.1, -0.05) is 0 Å². The van der Waals surface area contributed by atoms with Gasteiger partial charge in [-0.05, 0) is 0 Å². The van der Waals surface area contributed by atoms with E-state index in [1.807, 2.05) is 0 Å². The van der Waals surface area contributed by atoms with Crippen molar-refractivity contribution in [1.29, 1.82) is 0 Å². The average Bonchev–Trinajstić information content (AvgIpc) is 1.82. The van der Waals surface area contributed by atoms with Gasteiger partial charge >= 0.3 is 35.5 Å². The van der Waals surface area contributed by atoms with Crippen molar-refractivity contribution in [3.8, 4) is 17.2 Å². The summed E-state index contributed by atoms with van der Waals surface area (Å²) in [6.45, 7) is 0. The predicted octanol–water partition coefficient (Wildman–Crippen LogP) is -0.147. The summed E-state index contributed by atoms with van der Waals surface area (Å²) in [5, 5.41) is 35.1. The van der Waals surface area contributed by atoms with E-state index in [1.165, 1.54) is 0 Å². The van der Waals surface area contributed by atoms with Crippen LogP contribution in [0.25, 0.3) is 0 Å². The number of carboxylic acid groups (broad SMARTS) is 1. The van der Waals surface area contributed by atoms with E-state index in [0.717, 1.165) is 12.1 Å². The van der Waals surface area contributed by atoms with E-state index in [1.54, 1.807) is 0 Å². The van der Waals surface area contributed by atoms with Crippen LogP contribution in [0.4, 0.5) is 0 Å². The van der Waals surface area contributed by atoms with Gasteiger partial charge in [-0.15, -0.1) is 0 Å². The van der Waals surface area contributed by atoms with Crippen molar-refractivity contribution < 1.29 is 25.2 Å². The minimum absolute atomic E-state index is 0. The van der Waals surface area contributed by atoms with E-state index in [2.05, 4.69) is 0 Å². The molecule has 13 heavy (non-hydrogen) atoms. The molecule has 5 nitrogen and oxygen atoms in total. The van der Waals surface area contributed by atoms with Crippen LogP contribution in [0.5, 0.6) is 17.2 Å². The van der Waals surface area contributed by atoms with Crippen LogP contribution in [0.2, 0.25) is 0 Å². The number of carboxylic acids is 1. The first kappa shape index (κ1) is 12.1. The summed E-state index contributed by atoms with van der Waals surface area (Å²) in [5.74, 6) is -3.18. The number of phenolic OH excluding ortho intramolecular Hbond substituents is 1. The SMILES string of the molecule is O=C(O)c1c(O)cc(O)cc1O.[NaH]. The molecule has 0 unspecified atom stereocenters. The Labute approximate surface area is 95.5 Å². The molecule has 0 bridgehead atoms. The summed E-state index contributed by atoms with van der Waals surface area (Å²) in [6.07, 6.45) is 0. The van der Waals surface area contributed by atoms with Gasteiger partial charge in [0.15, 0.2) is 0 Å². The molecule has 0 amide bonds. The average molecular weight is 194 g/mol. The zero-order chi connectivity index (χ0) is 9.30. The van der Waals surface area contributed by atoms with Crippen molar-refractivity contribution in [2.45, 2.75) is 0 Å². The van der Waals surface area contributed by atoms with Gasteiger partial charge in [0, 0.05) is 12.1 Å². The number of benzene rings is 1. The van der Waals surface area contributed by atoms with Gasteiger partial charge in [0.05, 0.1) is 0 Å². The molecule has 0 aromatic heterocycles. The number of aromatic carboxylic acids is 1. The summed E-state index contributed by atoms with van der Waals surface area (Å²) in [5.41, 5.74) is -0.618. The van der Waals surface area contributed by atoms with E-state index in [9.17, 15) is 4.79 Å². The molecule has 1 rings (SSSR count). The first-order chi connectivity index (χ1) is 5.52. The molecule has 0 aliphatic carbocycles. The van der Waals surface area contributed by atoms with Gasteiger partial charge in [0.25, 0.3) is 0 Å². The molecular formula is C7H7NaO5.